The van der Waals surface area contributed by atoms with Crippen molar-refractivity contribution in [3.8, 4) is 0 Å². The third kappa shape index (κ3) is 4.99. The number of Topliss-reactive ketones (excluding diaryl/α,β-unsaturated/α-hetero) is 1. The Morgan fingerprint density at radius 1 is 0.966 bits per heavy atom. The van der Waals surface area contributed by atoms with Gasteiger partial charge in [-0.15, -0.1) is 0 Å². The Bertz CT molecular complexity index is 937. The van der Waals surface area contributed by atoms with Gasteiger partial charge < -0.3 is 15.1 Å². The molecule has 2 aromatic rings. The topological polar surface area (TPSA) is 69.7 Å². The molecule has 3 rings (SSSR count). The highest BCUT2D eigenvalue weighted by molar-refractivity contribution is 6.43. The molecule has 0 unspecified atom stereocenters. The van der Waals surface area contributed by atoms with E-state index >= 15 is 0 Å². The largest absolute Gasteiger partial charge is 0.368 e. The summed E-state index contributed by atoms with van der Waals surface area (Å²) in [5.41, 5.74) is 3.05. The van der Waals surface area contributed by atoms with Crippen molar-refractivity contribution in [2.45, 2.75) is 13.8 Å². The summed E-state index contributed by atoms with van der Waals surface area (Å²) in [6, 6.07) is 11.4. The fourth-order valence-electron chi connectivity index (χ4n) is 3.25. The summed E-state index contributed by atoms with van der Waals surface area (Å²) < 4.78 is 13.4. The number of benzene rings is 2. The van der Waals surface area contributed by atoms with Gasteiger partial charge in [0.2, 0.25) is 11.7 Å². The zero-order chi connectivity index (χ0) is 21.0. The number of halogens is 1. The Kier molecular flexibility index (Phi) is 6.26. The molecule has 1 fully saturated rings. The number of amides is 2. The van der Waals surface area contributed by atoms with Gasteiger partial charge in [0.1, 0.15) is 5.82 Å². The molecule has 2 aromatic carbocycles. The first-order chi connectivity index (χ1) is 13.8. The van der Waals surface area contributed by atoms with Crippen LogP contribution in [-0.4, -0.2) is 55.2 Å². The molecule has 2 amide bonds. The van der Waals surface area contributed by atoms with Crippen LogP contribution in [-0.2, 0) is 9.59 Å². The minimum absolute atomic E-state index is 0.227. The van der Waals surface area contributed by atoms with Crippen LogP contribution >= 0.6 is 0 Å². The van der Waals surface area contributed by atoms with Crippen LogP contribution in [0.1, 0.15) is 21.5 Å². The number of rotatable bonds is 5. The first-order valence-corrected chi connectivity index (χ1v) is 9.53. The standard InChI is InChI=1S/C22H24FN3O3/c1-15-6-7-17(12-16(15)2)21(28)22(29)24-14-20(27)26-10-8-25(9-11-26)19-5-3-4-18(23)13-19/h3-7,12-13H,8-11,14H2,1-2H3,(H,24,29). The van der Waals surface area contributed by atoms with Crippen molar-refractivity contribution in [3.63, 3.8) is 0 Å². The van der Waals surface area contributed by atoms with E-state index in [2.05, 4.69) is 5.32 Å². The van der Waals surface area contributed by atoms with Gasteiger partial charge in [-0.1, -0.05) is 18.2 Å². The van der Waals surface area contributed by atoms with E-state index in [0.717, 1.165) is 16.8 Å². The third-order valence-electron chi connectivity index (χ3n) is 5.18. The number of nitrogens with zero attached hydrogens (tertiary/aromatic N) is 2. The molecule has 0 aliphatic carbocycles. The molecule has 0 aromatic heterocycles. The van der Waals surface area contributed by atoms with Gasteiger partial charge in [-0.3, -0.25) is 14.4 Å². The fourth-order valence-corrected chi connectivity index (χ4v) is 3.25. The molecule has 1 aliphatic heterocycles. The summed E-state index contributed by atoms with van der Waals surface area (Å²) in [5, 5.41) is 2.42. The number of aryl methyl sites for hydroxylation is 2. The number of hydrogen-bond donors (Lipinski definition) is 1. The summed E-state index contributed by atoms with van der Waals surface area (Å²) in [5.74, 6) is -1.99. The quantitative estimate of drug-likeness (QED) is 0.620. The molecule has 1 heterocycles. The monoisotopic (exact) mass is 397 g/mol. The lowest BCUT2D eigenvalue weighted by atomic mass is 10.0. The predicted molar refractivity (Wildman–Crippen MR) is 108 cm³/mol. The van der Waals surface area contributed by atoms with Crippen LogP contribution in [0.5, 0.6) is 0 Å². The zero-order valence-corrected chi connectivity index (χ0v) is 16.6. The maximum absolute atomic E-state index is 13.4. The number of ketones is 1. The number of carbonyl (C=O) groups is 3. The second kappa shape index (κ2) is 8.86. The molecule has 0 spiro atoms. The molecular formula is C22H24FN3O3. The minimum atomic E-state index is -0.792. The van der Waals surface area contributed by atoms with E-state index in [-0.39, 0.29) is 18.3 Å². The zero-order valence-electron chi connectivity index (χ0n) is 16.6. The van der Waals surface area contributed by atoms with Crippen LogP contribution in [0.15, 0.2) is 42.5 Å². The minimum Gasteiger partial charge on any atom is -0.368 e. The highest BCUT2D eigenvalue weighted by atomic mass is 19.1. The highest BCUT2D eigenvalue weighted by Crippen LogP contribution is 2.17. The lowest BCUT2D eigenvalue weighted by Gasteiger charge is -2.36. The van der Waals surface area contributed by atoms with Crippen molar-refractivity contribution >= 4 is 23.3 Å². The Balaban J connectivity index is 1.49. The van der Waals surface area contributed by atoms with Crippen molar-refractivity contribution in [3.05, 3.63) is 65.0 Å². The third-order valence-corrected chi connectivity index (χ3v) is 5.18. The molecule has 1 N–H and O–H groups in total. The highest BCUT2D eigenvalue weighted by Gasteiger charge is 2.23. The molecule has 1 saturated heterocycles. The van der Waals surface area contributed by atoms with Gasteiger partial charge in [0.05, 0.1) is 6.54 Å². The van der Waals surface area contributed by atoms with E-state index < -0.39 is 11.7 Å². The van der Waals surface area contributed by atoms with Gasteiger partial charge in [-0.25, -0.2) is 4.39 Å². The molecule has 7 heteroatoms. The number of piperazine rings is 1. The molecule has 0 atom stereocenters. The second-order valence-corrected chi connectivity index (χ2v) is 7.16. The molecular weight excluding hydrogens is 373 g/mol. The van der Waals surface area contributed by atoms with Crippen LogP contribution in [0.3, 0.4) is 0 Å². The van der Waals surface area contributed by atoms with E-state index in [1.165, 1.54) is 12.1 Å². The van der Waals surface area contributed by atoms with Crippen LogP contribution in [0.4, 0.5) is 10.1 Å². The number of anilines is 1. The summed E-state index contributed by atoms with van der Waals surface area (Å²) in [6.07, 6.45) is 0. The lowest BCUT2D eigenvalue weighted by Crippen LogP contribution is -2.51. The number of nitrogens with one attached hydrogen (secondary N) is 1. The van der Waals surface area contributed by atoms with Crippen molar-refractivity contribution < 1.29 is 18.8 Å². The smallest absolute Gasteiger partial charge is 0.292 e. The summed E-state index contributed by atoms with van der Waals surface area (Å²) in [6.45, 7) is 5.66. The summed E-state index contributed by atoms with van der Waals surface area (Å²) in [7, 11) is 0. The molecule has 0 saturated carbocycles. The average Bonchev–Trinajstić information content (AvgIpc) is 2.73. The summed E-state index contributed by atoms with van der Waals surface area (Å²) >= 11 is 0. The summed E-state index contributed by atoms with van der Waals surface area (Å²) in [4.78, 5) is 40.4. The van der Waals surface area contributed by atoms with E-state index in [1.807, 2.05) is 24.8 Å². The molecule has 152 valence electrons. The number of hydrogen-bond acceptors (Lipinski definition) is 4. The Hall–Kier alpha value is -3.22. The van der Waals surface area contributed by atoms with E-state index in [1.54, 1.807) is 29.2 Å². The van der Waals surface area contributed by atoms with Crippen LogP contribution < -0.4 is 10.2 Å². The van der Waals surface area contributed by atoms with Crippen LogP contribution in [0.25, 0.3) is 0 Å². The second-order valence-electron chi connectivity index (χ2n) is 7.16. The fraction of sp³-hybridized carbons (Fsp3) is 0.318. The van der Waals surface area contributed by atoms with Gasteiger partial charge in [-0.2, -0.15) is 0 Å². The van der Waals surface area contributed by atoms with Crippen LogP contribution in [0, 0.1) is 19.7 Å². The van der Waals surface area contributed by atoms with Gasteiger partial charge >= 0.3 is 0 Å². The van der Waals surface area contributed by atoms with Crippen molar-refractivity contribution in [1.82, 2.24) is 10.2 Å². The van der Waals surface area contributed by atoms with Crippen molar-refractivity contribution in [1.29, 1.82) is 0 Å². The molecule has 1 aliphatic rings. The van der Waals surface area contributed by atoms with Gasteiger partial charge in [0.25, 0.3) is 5.91 Å². The van der Waals surface area contributed by atoms with Crippen LogP contribution in [0.2, 0.25) is 0 Å². The van der Waals surface area contributed by atoms with Crippen molar-refractivity contribution in [2.24, 2.45) is 0 Å². The van der Waals surface area contributed by atoms with Gasteiger partial charge in [0.15, 0.2) is 0 Å². The van der Waals surface area contributed by atoms with E-state index in [4.69, 9.17) is 0 Å². The maximum atomic E-state index is 13.4. The normalized spacial score (nSPS) is 13.9. The SMILES string of the molecule is Cc1ccc(C(=O)C(=O)NCC(=O)N2CCN(c3cccc(F)c3)CC2)cc1C. The first kappa shape index (κ1) is 20.5. The maximum Gasteiger partial charge on any atom is 0.292 e. The van der Waals surface area contributed by atoms with Crippen molar-refractivity contribution in [2.75, 3.05) is 37.6 Å². The van der Waals surface area contributed by atoms with E-state index in [9.17, 15) is 18.8 Å². The first-order valence-electron chi connectivity index (χ1n) is 9.53. The molecule has 29 heavy (non-hydrogen) atoms. The molecule has 0 bridgehead atoms. The lowest BCUT2D eigenvalue weighted by molar-refractivity contribution is -0.132. The Labute approximate surface area is 169 Å². The Morgan fingerprint density at radius 2 is 1.69 bits per heavy atom. The molecule has 6 nitrogen and oxygen atoms in total. The Morgan fingerprint density at radius 3 is 2.34 bits per heavy atom. The number of carbonyl (C=O) groups excluding carboxylic acids is 3. The predicted octanol–water partition coefficient (Wildman–Crippen LogP) is 2.09. The van der Waals surface area contributed by atoms with Gasteiger partial charge in [-0.05, 0) is 49.2 Å². The molecule has 0 radical (unpaired) electrons. The van der Waals surface area contributed by atoms with E-state index in [0.29, 0.717) is 31.7 Å². The average molecular weight is 397 g/mol. The van der Waals surface area contributed by atoms with Gasteiger partial charge in [0, 0.05) is 37.4 Å².